The summed E-state index contributed by atoms with van der Waals surface area (Å²) in [7, 11) is 2.73. The van der Waals surface area contributed by atoms with Crippen LogP contribution < -0.4 is 0 Å². The van der Waals surface area contributed by atoms with Crippen molar-refractivity contribution in [3.63, 3.8) is 0 Å². The zero-order chi connectivity index (χ0) is 12.5. The topological polar surface area (TPSA) is 31.4 Å². The van der Waals surface area contributed by atoms with Crippen LogP contribution >= 0.6 is 0 Å². The van der Waals surface area contributed by atoms with Crippen LogP contribution in [-0.2, 0) is 15.3 Å². The van der Waals surface area contributed by atoms with Crippen LogP contribution in [0.3, 0.4) is 0 Å². The second-order valence-electron chi connectivity index (χ2n) is 3.53. The molecule has 0 unspecified atom stereocenters. The summed E-state index contributed by atoms with van der Waals surface area (Å²) >= 11 is 0. The molecule has 92 valence electrons. The molecule has 2 rings (SSSR count). The molecule has 0 atom stereocenters. The minimum absolute atomic E-state index is 0.568. The molecule has 0 aliphatic carbocycles. The third-order valence-electron chi connectivity index (χ3n) is 2.33. The number of benzene rings is 1. The van der Waals surface area contributed by atoms with Crippen molar-refractivity contribution in [2.24, 2.45) is 0 Å². The van der Waals surface area contributed by atoms with E-state index in [1.807, 2.05) is 6.20 Å². The van der Waals surface area contributed by atoms with Crippen LogP contribution in [0.15, 0.2) is 36.5 Å². The Bertz CT molecular complexity index is 441. The third-order valence-corrected chi connectivity index (χ3v) is 2.80. The number of aromatic nitrogens is 1. The molecule has 0 aliphatic rings. The minimum Gasteiger partial charge on any atom is -0.402 e. The molecule has 1 aromatic carbocycles. The fourth-order valence-electron chi connectivity index (χ4n) is 1.58. The summed E-state index contributed by atoms with van der Waals surface area (Å²) in [6, 6.07) is 10.4. The Morgan fingerprint density at radius 1 is 1.12 bits per heavy atom. The molecule has 0 bridgehead atoms. The van der Waals surface area contributed by atoms with E-state index >= 15 is 0 Å². The first-order chi connectivity index (χ1) is 8.33. The molecule has 0 saturated heterocycles. The highest BCUT2D eigenvalue weighted by atomic mass is 28.3. The van der Waals surface area contributed by atoms with Gasteiger partial charge in [-0.25, -0.2) is 0 Å². The van der Waals surface area contributed by atoms with Gasteiger partial charge in [0, 0.05) is 31.5 Å². The first kappa shape index (κ1) is 13.8. The second kappa shape index (κ2) is 7.95. The smallest absolute Gasteiger partial charge is 0.303 e. The standard InChI is InChI=1S/C11H11N.C2H8O2Si/c1-2-11-10-6-4-3-5-9(10)7-8-12-11;1-3-5-4-2/h3-8H,2H2,1H3;5H2,1-2H3. The molecule has 0 amide bonds. The first-order valence-corrected chi connectivity index (χ1v) is 6.79. The predicted octanol–water partition coefficient (Wildman–Crippen LogP) is 2.08. The Morgan fingerprint density at radius 2 is 1.82 bits per heavy atom. The number of nitrogens with zero attached hydrogens (tertiary/aromatic N) is 1. The van der Waals surface area contributed by atoms with E-state index < -0.39 is 10.0 Å². The molecule has 1 heterocycles. The number of fused-ring (bicyclic) bond motifs is 1. The molecule has 3 nitrogen and oxygen atoms in total. The average Bonchev–Trinajstić information content (AvgIpc) is 2.40. The third kappa shape index (κ3) is 4.26. The van der Waals surface area contributed by atoms with E-state index in [0.717, 1.165) is 6.42 Å². The monoisotopic (exact) mass is 249 g/mol. The van der Waals surface area contributed by atoms with Crippen LogP contribution in [0.5, 0.6) is 0 Å². The maximum Gasteiger partial charge on any atom is 0.303 e. The summed E-state index contributed by atoms with van der Waals surface area (Å²) in [5.41, 5.74) is 1.19. The van der Waals surface area contributed by atoms with Gasteiger partial charge in [-0.15, -0.1) is 0 Å². The number of hydrogen-bond acceptors (Lipinski definition) is 3. The Hall–Kier alpha value is -1.23. The van der Waals surface area contributed by atoms with E-state index in [0.29, 0.717) is 0 Å². The van der Waals surface area contributed by atoms with Crippen molar-refractivity contribution in [1.29, 1.82) is 0 Å². The molecule has 0 N–H and O–H groups in total. The summed E-state index contributed by atoms with van der Waals surface area (Å²) in [6.45, 7) is 2.13. The van der Waals surface area contributed by atoms with Gasteiger partial charge in [-0.1, -0.05) is 31.2 Å². The molecule has 4 heteroatoms. The van der Waals surface area contributed by atoms with E-state index in [9.17, 15) is 0 Å². The first-order valence-electron chi connectivity index (χ1n) is 5.64. The maximum absolute atomic E-state index is 4.61. The van der Waals surface area contributed by atoms with E-state index in [1.165, 1.54) is 16.5 Å². The van der Waals surface area contributed by atoms with Crippen LogP contribution in [-0.4, -0.2) is 29.2 Å². The van der Waals surface area contributed by atoms with Crippen molar-refractivity contribution >= 4 is 20.8 Å². The van der Waals surface area contributed by atoms with E-state index in [-0.39, 0.29) is 0 Å². The molecule has 17 heavy (non-hydrogen) atoms. The van der Waals surface area contributed by atoms with Crippen molar-refractivity contribution < 1.29 is 8.85 Å². The highest BCUT2D eigenvalue weighted by Gasteiger charge is 1.97. The van der Waals surface area contributed by atoms with Crippen LogP contribution in [0.4, 0.5) is 0 Å². The van der Waals surface area contributed by atoms with Gasteiger partial charge in [-0.2, -0.15) is 0 Å². The second-order valence-corrected chi connectivity index (χ2v) is 4.92. The summed E-state index contributed by atoms with van der Waals surface area (Å²) in [5, 5.41) is 2.56. The summed E-state index contributed by atoms with van der Waals surface area (Å²) in [6.07, 6.45) is 2.88. The van der Waals surface area contributed by atoms with Gasteiger partial charge in [-0.3, -0.25) is 4.98 Å². The zero-order valence-corrected chi connectivity index (χ0v) is 12.1. The minimum atomic E-state index is -0.568. The molecule has 0 aliphatic heterocycles. The van der Waals surface area contributed by atoms with E-state index in [1.54, 1.807) is 14.2 Å². The van der Waals surface area contributed by atoms with Crippen molar-refractivity contribution in [3.8, 4) is 0 Å². The lowest BCUT2D eigenvalue weighted by molar-refractivity contribution is 0.309. The highest BCUT2D eigenvalue weighted by Crippen LogP contribution is 2.15. The van der Waals surface area contributed by atoms with Crippen LogP contribution in [0.1, 0.15) is 12.6 Å². The molecule has 0 fully saturated rings. The van der Waals surface area contributed by atoms with Gasteiger partial charge < -0.3 is 8.85 Å². The van der Waals surface area contributed by atoms with Crippen LogP contribution in [0.2, 0.25) is 0 Å². The molecular weight excluding hydrogens is 230 g/mol. The average molecular weight is 249 g/mol. The molecule has 1 aromatic heterocycles. The van der Waals surface area contributed by atoms with Crippen LogP contribution in [0, 0.1) is 0 Å². The molecular formula is C13H19NO2Si. The van der Waals surface area contributed by atoms with Crippen LogP contribution in [0.25, 0.3) is 10.8 Å². The quantitative estimate of drug-likeness (QED) is 0.780. The SMILES string of the molecule is CCc1nccc2ccccc12.CO[SiH2]OC. The summed E-state index contributed by atoms with van der Waals surface area (Å²) in [4.78, 5) is 4.33. The Kier molecular flexibility index (Phi) is 6.46. The fraction of sp³-hybridized carbons (Fsp3) is 0.308. The van der Waals surface area contributed by atoms with Gasteiger partial charge in [-0.05, 0) is 17.9 Å². The van der Waals surface area contributed by atoms with E-state index in [2.05, 4.69) is 51.1 Å². The molecule has 0 radical (unpaired) electrons. The van der Waals surface area contributed by atoms with Gasteiger partial charge >= 0.3 is 10.0 Å². The van der Waals surface area contributed by atoms with Crippen molar-refractivity contribution in [2.45, 2.75) is 13.3 Å². The maximum atomic E-state index is 4.61. The Balaban J connectivity index is 0.000000249. The Morgan fingerprint density at radius 3 is 2.41 bits per heavy atom. The van der Waals surface area contributed by atoms with Crippen molar-refractivity contribution in [2.75, 3.05) is 14.2 Å². The van der Waals surface area contributed by atoms with Crippen molar-refractivity contribution in [3.05, 3.63) is 42.2 Å². The number of pyridine rings is 1. The lowest BCUT2D eigenvalue weighted by atomic mass is 10.1. The molecule has 0 spiro atoms. The highest BCUT2D eigenvalue weighted by molar-refractivity contribution is 6.17. The number of hydrogen-bond donors (Lipinski definition) is 0. The van der Waals surface area contributed by atoms with Gasteiger partial charge in [0.1, 0.15) is 0 Å². The molecule has 2 aromatic rings. The number of rotatable bonds is 3. The van der Waals surface area contributed by atoms with Gasteiger partial charge in [0.2, 0.25) is 0 Å². The van der Waals surface area contributed by atoms with Gasteiger partial charge in [0.25, 0.3) is 0 Å². The lowest BCUT2D eigenvalue weighted by Crippen LogP contribution is -1.93. The van der Waals surface area contributed by atoms with Gasteiger partial charge in [0.15, 0.2) is 0 Å². The summed E-state index contributed by atoms with van der Waals surface area (Å²) < 4.78 is 9.22. The zero-order valence-electron chi connectivity index (χ0n) is 10.6. The largest absolute Gasteiger partial charge is 0.402 e. The summed E-state index contributed by atoms with van der Waals surface area (Å²) in [5.74, 6) is 0. The van der Waals surface area contributed by atoms with E-state index in [4.69, 9.17) is 0 Å². The van der Waals surface area contributed by atoms with Crippen molar-refractivity contribution in [1.82, 2.24) is 4.98 Å². The van der Waals surface area contributed by atoms with Gasteiger partial charge in [0.05, 0.1) is 0 Å². The normalized spacial score (nSPS) is 9.82. The number of aryl methyl sites for hydroxylation is 1. The fourth-order valence-corrected chi connectivity index (χ4v) is 1.82. The Labute approximate surface area is 105 Å². The lowest BCUT2D eigenvalue weighted by Gasteiger charge is -2.01. The molecule has 0 saturated carbocycles. The predicted molar refractivity (Wildman–Crippen MR) is 73.7 cm³/mol.